The number of carbonyl (C=O) groups is 3. The molecule has 7 rings (SSSR count). The second-order valence-electron chi connectivity index (χ2n) is 33.2. The van der Waals surface area contributed by atoms with Crippen LogP contribution in [0, 0.1) is 16.2 Å². The maximum Gasteiger partial charge on any atom is 0.343 e. The molecule has 4 fully saturated rings. The summed E-state index contributed by atoms with van der Waals surface area (Å²) in [7, 11) is 0. The van der Waals surface area contributed by atoms with Gasteiger partial charge in [0, 0.05) is 29.5 Å². The number of unbranched alkanes of at least 4 members (excludes halogenated alkanes) is 2. The van der Waals surface area contributed by atoms with Crippen molar-refractivity contribution in [3.63, 3.8) is 0 Å². The second kappa shape index (κ2) is 24.1. The number of Topliss-reactive ketones (excluding diaryl/α,β-unsaturated/α-hetero) is 2. The molecule has 25 heteroatoms. The van der Waals surface area contributed by atoms with Crippen LogP contribution in [-0.4, -0.2) is 240 Å². The molecule has 0 aromatic carbocycles. The summed E-state index contributed by atoms with van der Waals surface area (Å²) in [5.41, 5.74) is -14.0. The van der Waals surface area contributed by atoms with Crippen LogP contribution in [0.3, 0.4) is 0 Å². The minimum absolute atomic E-state index is 0.0452. The third kappa shape index (κ3) is 10.1. The van der Waals surface area contributed by atoms with Gasteiger partial charge in [-0.15, -0.1) is 0 Å². The Morgan fingerprint density at radius 2 is 0.896 bits per heavy atom. The Kier molecular flexibility index (Phi) is 20.0. The van der Waals surface area contributed by atoms with Gasteiger partial charge in [-0.05, 0) is 162 Å². The number of aliphatic hydroxyl groups excluding tert-OH is 4. The summed E-state index contributed by atoms with van der Waals surface area (Å²) in [4.78, 5) is 43.5. The first-order valence-corrected chi connectivity index (χ1v) is 33.6. The number of ketones is 2. The predicted octanol–water partition coefficient (Wildman–Crippen LogP) is 2.76. The van der Waals surface area contributed by atoms with E-state index in [1.807, 2.05) is 6.92 Å². The Morgan fingerprint density at radius 1 is 0.510 bits per heavy atom. The van der Waals surface area contributed by atoms with E-state index in [-0.39, 0.29) is 49.6 Å². The van der Waals surface area contributed by atoms with Crippen molar-refractivity contribution in [3.8, 4) is 0 Å². The van der Waals surface area contributed by atoms with Gasteiger partial charge >= 0.3 is 5.97 Å². The molecule has 0 aromatic heterocycles. The Balaban J connectivity index is 1.15. The van der Waals surface area contributed by atoms with Gasteiger partial charge in [0.25, 0.3) is 0 Å². The first-order chi connectivity index (χ1) is 43.2. The molecule has 25 nitrogen and oxygen atoms in total. The van der Waals surface area contributed by atoms with E-state index in [9.17, 15) is 65.4 Å². The number of hydrogen-bond donors (Lipinski definition) is 13. The van der Waals surface area contributed by atoms with E-state index in [0.29, 0.717) is 17.7 Å². The van der Waals surface area contributed by atoms with E-state index in [0.717, 1.165) is 12.8 Å². The van der Waals surface area contributed by atoms with Crippen LogP contribution in [0.2, 0.25) is 0 Å². The van der Waals surface area contributed by atoms with Crippen molar-refractivity contribution in [2.45, 2.75) is 286 Å². The minimum atomic E-state index is -2.37. The highest BCUT2D eigenvalue weighted by molar-refractivity contribution is 6.25. The Labute approximate surface area is 567 Å². The van der Waals surface area contributed by atoms with E-state index in [1.165, 1.54) is 80.3 Å². The fourth-order valence-corrected chi connectivity index (χ4v) is 17.0. The van der Waals surface area contributed by atoms with Gasteiger partial charge in [-0.1, -0.05) is 46.6 Å². The SMILES string of the molecule is CC=CC1=CC2=CC3=C(C(=O)CCCCC)C(=O)OC3(C)C(=O)C2=CN1C1(C)[C@](C)(O)[C@](C)(COC[C@]2(C)OC(C)(CO)[C@@](C)(COC[C@]3(C)OC(C)(CO)[C@@](C)(COC[C@]4(C)OC(C)(CO)[C@@](C)(O)[C@@](C)(O)C4(C)N)[C@@](C)(O)C3(C)N)[C@@](C)(O)C2(C)N)C(C)(CO)O[C@@]1(C)O. The first-order valence-electron chi connectivity index (χ1n) is 33.6. The number of ether oxygens (including phenoxy) is 8. The van der Waals surface area contributed by atoms with Crippen LogP contribution in [-0.2, 0) is 52.3 Å². The number of esters is 1. The number of carbonyl (C=O) groups excluding carboxylic acids is 3. The molecular formula is C71H118N4O21. The molecule has 548 valence electrons. The monoisotopic (exact) mass is 1360 g/mol. The fourth-order valence-electron chi connectivity index (χ4n) is 17.0. The Bertz CT molecular complexity index is 3240. The van der Waals surface area contributed by atoms with Gasteiger partial charge < -0.3 is 111 Å². The van der Waals surface area contributed by atoms with Crippen LogP contribution in [0.25, 0.3) is 0 Å². The fraction of sp³-hybridized carbons (Fsp3) is 0.817. The second-order valence-corrected chi connectivity index (χ2v) is 33.2. The Hall–Kier alpha value is -3.49. The third-order valence-corrected chi connectivity index (χ3v) is 27.7. The van der Waals surface area contributed by atoms with Gasteiger partial charge in [-0.3, -0.25) is 9.59 Å². The number of nitrogens with zero attached hydrogens (tertiary/aromatic N) is 1. The zero-order valence-corrected chi connectivity index (χ0v) is 61.4. The van der Waals surface area contributed by atoms with Crippen LogP contribution in [0.5, 0.6) is 0 Å². The molecule has 7 aliphatic rings. The van der Waals surface area contributed by atoms with Crippen LogP contribution in [0.4, 0.5) is 0 Å². The maximum atomic E-state index is 14.9. The number of rotatable bonds is 23. The van der Waals surface area contributed by atoms with Crippen LogP contribution < -0.4 is 17.2 Å². The molecule has 0 saturated carbocycles. The molecule has 21 atom stereocenters. The summed E-state index contributed by atoms with van der Waals surface area (Å²) in [6.45, 7) is 30.5. The molecular weight excluding hydrogens is 1240 g/mol. The van der Waals surface area contributed by atoms with Gasteiger partial charge in [0.2, 0.25) is 5.78 Å². The number of hydrogen-bond acceptors (Lipinski definition) is 25. The Morgan fingerprint density at radius 3 is 1.29 bits per heavy atom. The lowest BCUT2D eigenvalue weighted by Crippen LogP contribution is -2.88. The zero-order valence-electron chi connectivity index (χ0n) is 61.4. The van der Waals surface area contributed by atoms with Crippen molar-refractivity contribution in [2.24, 2.45) is 33.4 Å². The van der Waals surface area contributed by atoms with E-state index < -0.39 is 174 Å². The lowest BCUT2D eigenvalue weighted by atomic mass is 9.51. The van der Waals surface area contributed by atoms with Crippen molar-refractivity contribution in [3.05, 3.63) is 58.5 Å². The molecule has 6 heterocycles. The molecule has 1 aliphatic carbocycles. The lowest BCUT2D eigenvalue weighted by molar-refractivity contribution is -0.424. The van der Waals surface area contributed by atoms with E-state index >= 15 is 0 Å². The summed E-state index contributed by atoms with van der Waals surface area (Å²) in [5.74, 6) is -4.34. The summed E-state index contributed by atoms with van der Waals surface area (Å²) in [6.07, 6.45) is 10.4. The summed E-state index contributed by atoms with van der Waals surface area (Å²) in [6, 6.07) is 0. The largest absolute Gasteiger partial charge is 0.442 e. The number of fused-ring (bicyclic) bond motifs is 2. The first kappa shape index (κ1) is 79.8. The quantitative estimate of drug-likeness (QED) is 0.0397. The molecule has 6 aliphatic heterocycles. The molecule has 0 bridgehead atoms. The summed E-state index contributed by atoms with van der Waals surface area (Å²) in [5, 5.41) is 121. The average molecular weight is 1360 g/mol. The molecule has 0 radical (unpaired) electrons. The normalized spacial score (nSPS) is 50.5. The number of nitrogens with two attached hydrogens (primary N) is 3. The van der Waals surface area contributed by atoms with Gasteiger partial charge in [-0.25, -0.2) is 4.79 Å². The van der Waals surface area contributed by atoms with E-state index in [4.69, 9.17) is 55.1 Å². The topological polar surface area (TPSA) is 409 Å². The van der Waals surface area contributed by atoms with Crippen molar-refractivity contribution < 1.29 is 103 Å². The standard InChI is InChI=1S/C71H118N4O21/c1-24-26-27-29-47(80)48-46-31-43-30-44(28-25-2)75(32-45(43)49(81)61(46,13)92-50(48)82)65(17)68(20,85)53(5,56(8,35-78)96-71(65,23)88)39-91-41-59(11)63(15,73)66(18,83)51(3,54(6,33-76)94-59)37-89-40-58(10)62(14,72)67(19,84)52(4,55(7,34-77)93-58)38-90-42-60(12)64(16,74)70(22,87)69(21,86)57(9,36-79)95-60/h25,28,30-32,76-79,83-88H,24,26-27,29,33-42,72-74H2,1-23H3/t51-,52-,53-,54?,55?,56?,57?,58+,59+,60+,61?,62?,63?,64?,65?,66-,67-,68-,69-,70+,71-/m1/s1. The minimum Gasteiger partial charge on any atom is -0.442 e. The molecule has 16 N–H and O–H groups in total. The molecule has 0 aromatic rings. The molecule has 9 unspecified atom stereocenters. The van der Waals surface area contributed by atoms with Crippen LogP contribution in [0.1, 0.15) is 185 Å². The number of aliphatic hydroxyl groups is 10. The van der Waals surface area contributed by atoms with Crippen LogP contribution >= 0.6 is 0 Å². The van der Waals surface area contributed by atoms with Crippen molar-refractivity contribution in [2.75, 3.05) is 66.1 Å². The van der Waals surface area contributed by atoms with Gasteiger partial charge in [0.05, 0.1) is 121 Å². The third-order valence-electron chi connectivity index (χ3n) is 27.7. The zero-order chi connectivity index (χ0) is 73.8. The number of allylic oxidation sites excluding steroid dienone is 4. The average Bonchev–Trinajstić information content (AvgIpc) is 0.877. The van der Waals surface area contributed by atoms with Gasteiger partial charge in [-0.2, -0.15) is 0 Å². The van der Waals surface area contributed by atoms with E-state index in [1.54, 1.807) is 107 Å². The highest BCUT2D eigenvalue weighted by Crippen LogP contribution is 2.64. The summed E-state index contributed by atoms with van der Waals surface area (Å²) >= 11 is 0. The predicted molar refractivity (Wildman–Crippen MR) is 355 cm³/mol. The highest BCUT2D eigenvalue weighted by Gasteiger charge is 2.79. The summed E-state index contributed by atoms with van der Waals surface area (Å²) < 4.78 is 52.5. The van der Waals surface area contributed by atoms with Gasteiger partial charge in [0.1, 0.15) is 55.9 Å². The molecule has 96 heavy (non-hydrogen) atoms. The van der Waals surface area contributed by atoms with E-state index in [2.05, 4.69) is 0 Å². The van der Waals surface area contributed by atoms with Gasteiger partial charge in [0.15, 0.2) is 17.2 Å². The smallest absolute Gasteiger partial charge is 0.343 e. The molecule has 4 saturated heterocycles. The van der Waals surface area contributed by atoms with Crippen molar-refractivity contribution in [1.82, 2.24) is 4.90 Å². The van der Waals surface area contributed by atoms with Crippen molar-refractivity contribution >= 4 is 17.5 Å². The van der Waals surface area contributed by atoms with Crippen molar-refractivity contribution in [1.29, 1.82) is 0 Å². The lowest BCUT2D eigenvalue weighted by Gasteiger charge is -2.70. The molecule has 0 spiro atoms. The maximum absolute atomic E-state index is 14.9. The molecule has 0 amide bonds. The highest BCUT2D eigenvalue weighted by atomic mass is 16.7. The van der Waals surface area contributed by atoms with Crippen LogP contribution in [0.15, 0.2) is 58.5 Å².